The number of hydrogen-bond acceptors (Lipinski definition) is 4. The first-order valence-corrected chi connectivity index (χ1v) is 5.35. The zero-order valence-corrected chi connectivity index (χ0v) is 10.1. The Balaban J connectivity index is 0.00000225. The van der Waals surface area contributed by atoms with Crippen molar-refractivity contribution in [3.63, 3.8) is 0 Å². The highest BCUT2D eigenvalue weighted by molar-refractivity contribution is 7.86. The number of benzene rings is 1. The molecule has 0 fully saturated rings. The smallest absolute Gasteiger partial charge is 0.391 e. The molecule has 0 spiro atoms. The Bertz CT molecular complexity index is 536. The van der Waals surface area contributed by atoms with E-state index in [0.29, 0.717) is 5.56 Å². The molecule has 0 aliphatic rings. The molecule has 0 aromatic heterocycles. The second-order valence-electron chi connectivity index (χ2n) is 2.86. The summed E-state index contributed by atoms with van der Waals surface area (Å²) in [7, 11) is -3.09. The summed E-state index contributed by atoms with van der Waals surface area (Å²) in [6.07, 6.45) is 0. The van der Waals surface area contributed by atoms with E-state index in [1.54, 1.807) is 6.92 Å². The predicted octanol–water partition coefficient (Wildman–Crippen LogP) is -1.26. The van der Waals surface area contributed by atoms with Crippen molar-refractivity contribution in [2.45, 2.75) is 11.8 Å². The monoisotopic (exact) mass is 264 g/mol. The quantitative estimate of drug-likeness (QED) is 0.532. The van der Waals surface area contributed by atoms with Crippen LogP contribution < -0.4 is 17.1 Å². The van der Waals surface area contributed by atoms with Gasteiger partial charge >= 0.3 is 5.69 Å². The van der Waals surface area contributed by atoms with Crippen LogP contribution in [0.15, 0.2) is 17.0 Å². The SMILES string of the molecule is COc1cc([N+]#N)c(C)cc1S(=O)(=O)O.[Cl-]. The van der Waals surface area contributed by atoms with Crippen molar-refractivity contribution >= 4 is 15.8 Å². The van der Waals surface area contributed by atoms with Crippen LogP contribution in [0.2, 0.25) is 0 Å². The minimum Gasteiger partial charge on any atom is -1.00 e. The van der Waals surface area contributed by atoms with E-state index in [0.717, 1.165) is 0 Å². The summed E-state index contributed by atoms with van der Waals surface area (Å²) in [6, 6.07) is 2.39. The average molecular weight is 265 g/mol. The Labute approximate surface area is 99.0 Å². The van der Waals surface area contributed by atoms with E-state index in [1.165, 1.54) is 19.2 Å². The van der Waals surface area contributed by atoms with E-state index in [9.17, 15) is 8.42 Å². The molecule has 6 nitrogen and oxygen atoms in total. The molecule has 0 unspecified atom stereocenters. The number of aryl methyl sites for hydroxylation is 1. The Morgan fingerprint density at radius 3 is 2.38 bits per heavy atom. The molecule has 0 atom stereocenters. The van der Waals surface area contributed by atoms with Crippen molar-refractivity contribution in [2.75, 3.05) is 7.11 Å². The molecule has 0 aliphatic heterocycles. The van der Waals surface area contributed by atoms with Gasteiger partial charge in [-0.1, -0.05) is 0 Å². The number of hydrogen-bond donors (Lipinski definition) is 1. The molecule has 1 aromatic carbocycles. The molecule has 0 amide bonds. The Morgan fingerprint density at radius 1 is 1.44 bits per heavy atom. The molecule has 8 heteroatoms. The fraction of sp³-hybridized carbons (Fsp3) is 0.250. The summed E-state index contributed by atoms with van der Waals surface area (Å²) < 4.78 is 35.5. The van der Waals surface area contributed by atoms with Gasteiger partial charge in [-0.2, -0.15) is 8.42 Å². The zero-order chi connectivity index (χ0) is 11.6. The van der Waals surface area contributed by atoms with Gasteiger partial charge in [-0.15, -0.1) is 0 Å². The molecule has 1 aromatic rings. The summed E-state index contributed by atoms with van der Waals surface area (Å²) in [5.41, 5.74) is 0.588. The van der Waals surface area contributed by atoms with Crippen LogP contribution in [0.25, 0.3) is 4.98 Å². The van der Waals surface area contributed by atoms with Gasteiger partial charge in [0.2, 0.25) is 5.39 Å². The van der Waals surface area contributed by atoms with Crippen molar-refractivity contribution < 1.29 is 30.1 Å². The summed E-state index contributed by atoms with van der Waals surface area (Å²) in [4.78, 5) is 2.59. The fourth-order valence-electron chi connectivity index (χ4n) is 1.12. The Morgan fingerprint density at radius 2 is 2.00 bits per heavy atom. The summed E-state index contributed by atoms with van der Waals surface area (Å²) >= 11 is 0. The van der Waals surface area contributed by atoms with Crippen LogP contribution in [0, 0.1) is 12.3 Å². The normalized spacial score (nSPS) is 10.1. The largest absolute Gasteiger partial charge is 1.00 e. The van der Waals surface area contributed by atoms with Gasteiger partial charge in [0.1, 0.15) is 10.6 Å². The lowest BCUT2D eigenvalue weighted by Crippen LogP contribution is -3.00. The second kappa shape index (κ2) is 5.12. The predicted molar refractivity (Wildman–Crippen MR) is 52.3 cm³/mol. The maximum Gasteiger partial charge on any atom is 0.391 e. The lowest BCUT2D eigenvalue weighted by atomic mass is 10.2. The molecule has 0 saturated carbocycles. The highest BCUT2D eigenvalue weighted by Gasteiger charge is 2.22. The third-order valence-corrected chi connectivity index (χ3v) is 2.74. The van der Waals surface area contributed by atoms with E-state index < -0.39 is 10.1 Å². The van der Waals surface area contributed by atoms with Crippen LogP contribution in [0.5, 0.6) is 5.75 Å². The molecule has 1 N–H and O–H groups in total. The van der Waals surface area contributed by atoms with Gasteiger partial charge in [-0.3, -0.25) is 4.55 Å². The number of nitrogens with zero attached hydrogens (tertiary/aromatic N) is 2. The van der Waals surface area contributed by atoms with Crippen LogP contribution in [0.3, 0.4) is 0 Å². The van der Waals surface area contributed by atoms with Gasteiger partial charge in [0.15, 0.2) is 4.98 Å². The highest BCUT2D eigenvalue weighted by Crippen LogP contribution is 2.31. The van der Waals surface area contributed by atoms with Crippen molar-refractivity contribution in [3.8, 4) is 5.75 Å². The van der Waals surface area contributed by atoms with Crippen molar-refractivity contribution in [3.05, 3.63) is 22.7 Å². The molecule has 16 heavy (non-hydrogen) atoms. The van der Waals surface area contributed by atoms with E-state index in [2.05, 4.69) is 4.98 Å². The summed E-state index contributed by atoms with van der Waals surface area (Å²) in [5.74, 6) is -0.0732. The minimum absolute atomic E-state index is 0. The van der Waals surface area contributed by atoms with Crippen molar-refractivity contribution in [1.82, 2.24) is 0 Å². The average Bonchev–Trinajstić information content (AvgIpc) is 2.16. The first-order valence-electron chi connectivity index (χ1n) is 3.91. The Kier molecular flexibility index (Phi) is 4.68. The number of ether oxygens (including phenoxy) is 1. The third-order valence-electron chi connectivity index (χ3n) is 1.87. The van der Waals surface area contributed by atoms with E-state index >= 15 is 0 Å². The van der Waals surface area contributed by atoms with Gasteiger partial charge in [0.05, 0.1) is 13.2 Å². The van der Waals surface area contributed by atoms with E-state index in [4.69, 9.17) is 14.7 Å². The minimum atomic E-state index is -4.34. The van der Waals surface area contributed by atoms with Crippen LogP contribution in [-0.4, -0.2) is 20.1 Å². The van der Waals surface area contributed by atoms with Crippen LogP contribution in [-0.2, 0) is 10.1 Å². The molecule has 0 heterocycles. The summed E-state index contributed by atoms with van der Waals surface area (Å²) in [5, 5.41) is 8.59. The first-order chi connectivity index (χ1) is 6.90. The van der Waals surface area contributed by atoms with Crippen molar-refractivity contribution in [1.29, 1.82) is 5.39 Å². The van der Waals surface area contributed by atoms with Gasteiger partial charge in [-0.05, 0) is 13.0 Å². The lowest BCUT2D eigenvalue weighted by molar-refractivity contribution is -0.00000798. The number of rotatable bonds is 2. The standard InChI is InChI=1S/C8H8N2O4S.ClH/c1-5-3-8(15(11,12)13)7(14-2)4-6(5)10-9;/h3-4H,1-2H3;1H. The number of methoxy groups -OCH3 is 1. The van der Waals surface area contributed by atoms with Gasteiger partial charge in [0.25, 0.3) is 10.1 Å². The van der Waals surface area contributed by atoms with E-state index in [1.807, 2.05) is 0 Å². The molecule has 88 valence electrons. The number of halogens is 1. The fourth-order valence-corrected chi connectivity index (χ4v) is 1.84. The molecule has 0 radical (unpaired) electrons. The molecule has 0 saturated heterocycles. The molecule has 0 bridgehead atoms. The molecule has 0 aliphatic carbocycles. The van der Waals surface area contributed by atoms with Gasteiger partial charge < -0.3 is 17.1 Å². The Hall–Kier alpha value is -1.36. The first kappa shape index (κ1) is 14.6. The summed E-state index contributed by atoms with van der Waals surface area (Å²) in [6.45, 7) is 1.54. The van der Waals surface area contributed by atoms with Crippen molar-refractivity contribution in [2.24, 2.45) is 0 Å². The lowest BCUT2D eigenvalue weighted by Gasteiger charge is -2.04. The molecular formula is C8H9ClN2O4S. The number of diazo groups is 1. The van der Waals surface area contributed by atoms with Gasteiger partial charge in [-0.25, -0.2) is 0 Å². The molecular weight excluding hydrogens is 256 g/mol. The second-order valence-corrected chi connectivity index (χ2v) is 4.25. The van der Waals surface area contributed by atoms with E-state index in [-0.39, 0.29) is 28.7 Å². The third kappa shape index (κ3) is 2.82. The zero-order valence-electron chi connectivity index (χ0n) is 8.51. The maximum atomic E-state index is 10.9. The van der Waals surface area contributed by atoms with Crippen LogP contribution in [0.1, 0.15) is 5.56 Å². The highest BCUT2D eigenvalue weighted by atomic mass is 35.5. The van der Waals surface area contributed by atoms with Crippen LogP contribution in [0.4, 0.5) is 5.69 Å². The van der Waals surface area contributed by atoms with Gasteiger partial charge in [0, 0.05) is 5.56 Å². The molecule has 1 rings (SSSR count). The maximum absolute atomic E-state index is 10.9. The topological polar surface area (TPSA) is 91.8 Å². The van der Waals surface area contributed by atoms with Crippen LogP contribution >= 0.6 is 0 Å².